The lowest BCUT2D eigenvalue weighted by Gasteiger charge is -2.01. The fourth-order valence-corrected chi connectivity index (χ4v) is 3.09. The first kappa shape index (κ1) is 12.7. The monoisotopic (exact) mass is 284 g/mol. The maximum Gasteiger partial charge on any atom is 0.202 e. The minimum Gasteiger partial charge on any atom is -0.508 e. The van der Waals surface area contributed by atoms with Crippen LogP contribution in [-0.4, -0.2) is 16.0 Å². The summed E-state index contributed by atoms with van der Waals surface area (Å²) >= 11 is 1.40. The van der Waals surface area contributed by atoms with Crippen molar-refractivity contribution in [2.24, 2.45) is 0 Å². The summed E-state index contributed by atoms with van der Waals surface area (Å²) in [6, 6.07) is 11.7. The third-order valence-corrected chi connectivity index (χ3v) is 4.30. The number of thiophene rings is 1. The van der Waals surface area contributed by atoms with Crippen molar-refractivity contribution in [2.75, 3.05) is 0 Å². The van der Waals surface area contributed by atoms with Gasteiger partial charge in [0.05, 0.1) is 4.88 Å². The second kappa shape index (κ2) is 4.65. The van der Waals surface area contributed by atoms with E-state index in [0.717, 1.165) is 10.1 Å². The zero-order chi connectivity index (χ0) is 14.3. The van der Waals surface area contributed by atoms with Gasteiger partial charge in [0, 0.05) is 10.3 Å². The van der Waals surface area contributed by atoms with Gasteiger partial charge in [0.1, 0.15) is 11.5 Å². The minimum atomic E-state index is -0.0752. The van der Waals surface area contributed by atoms with Crippen LogP contribution in [0.25, 0.3) is 10.1 Å². The average molecular weight is 284 g/mol. The molecule has 0 radical (unpaired) electrons. The lowest BCUT2D eigenvalue weighted by molar-refractivity contribution is 0.104. The number of ketones is 1. The first-order valence-corrected chi connectivity index (χ1v) is 6.93. The Balaban J connectivity index is 2.05. The highest BCUT2D eigenvalue weighted by Crippen LogP contribution is 2.30. The number of carbonyl (C=O) groups is 1. The zero-order valence-electron chi connectivity index (χ0n) is 10.8. The number of hydrogen-bond acceptors (Lipinski definition) is 4. The van der Waals surface area contributed by atoms with Crippen LogP contribution in [0.2, 0.25) is 0 Å². The number of carbonyl (C=O) groups excluding carboxylic acids is 1. The first-order valence-electron chi connectivity index (χ1n) is 6.11. The van der Waals surface area contributed by atoms with Gasteiger partial charge in [0.15, 0.2) is 0 Å². The number of hydrogen-bond donors (Lipinski definition) is 2. The van der Waals surface area contributed by atoms with E-state index in [-0.39, 0.29) is 17.3 Å². The van der Waals surface area contributed by atoms with E-state index in [0.29, 0.717) is 16.0 Å². The molecule has 0 aliphatic heterocycles. The number of aromatic hydroxyl groups is 2. The number of phenolic OH excluding ortho intramolecular Hbond substituents is 2. The van der Waals surface area contributed by atoms with Gasteiger partial charge in [-0.05, 0) is 60.3 Å². The number of rotatable bonds is 2. The number of phenols is 2. The van der Waals surface area contributed by atoms with Crippen LogP contribution in [0.4, 0.5) is 0 Å². The van der Waals surface area contributed by atoms with Crippen molar-refractivity contribution in [3.05, 3.63) is 58.5 Å². The van der Waals surface area contributed by atoms with Crippen LogP contribution in [0, 0.1) is 6.92 Å². The molecule has 4 heteroatoms. The standard InChI is InChI=1S/C16H12O3S/c1-9-6-10(2-4-13(9)18)16(19)15-8-11-7-12(17)3-5-14(11)20-15/h2-8,17-18H,1H3. The van der Waals surface area contributed by atoms with Gasteiger partial charge in [0.25, 0.3) is 0 Å². The molecular weight excluding hydrogens is 272 g/mol. The first-order chi connectivity index (χ1) is 9.54. The Morgan fingerprint density at radius 3 is 2.60 bits per heavy atom. The van der Waals surface area contributed by atoms with E-state index in [1.165, 1.54) is 17.4 Å². The molecule has 0 aliphatic carbocycles. The molecule has 100 valence electrons. The smallest absolute Gasteiger partial charge is 0.202 e. The van der Waals surface area contributed by atoms with E-state index in [4.69, 9.17) is 0 Å². The molecule has 3 nitrogen and oxygen atoms in total. The average Bonchev–Trinajstić information content (AvgIpc) is 2.84. The molecule has 0 bridgehead atoms. The quantitative estimate of drug-likeness (QED) is 0.703. The fourth-order valence-electron chi connectivity index (χ4n) is 2.08. The Labute approximate surface area is 119 Å². The third-order valence-electron chi connectivity index (χ3n) is 3.18. The Bertz CT molecular complexity index is 818. The summed E-state index contributed by atoms with van der Waals surface area (Å²) in [6.45, 7) is 1.76. The van der Waals surface area contributed by atoms with Crippen molar-refractivity contribution in [3.63, 3.8) is 0 Å². The molecule has 0 saturated heterocycles. The van der Waals surface area contributed by atoms with E-state index in [9.17, 15) is 15.0 Å². The molecule has 2 N–H and O–H groups in total. The second-order valence-corrected chi connectivity index (χ2v) is 5.75. The molecule has 0 fully saturated rings. The van der Waals surface area contributed by atoms with Gasteiger partial charge in [0.2, 0.25) is 5.78 Å². The lowest BCUT2D eigenvalue weighted by atomic mass is 10.1. The fraction of sp³-hybridized carbons (Fsp3) is 0.0625. The van der Waals surface area contributed by atoms with Crippen molar-refractivity contribution in [2.45, 2.75) is 6.92 Å². The second-order valence-electron chi connectivity index (χ2n) is 4.66. The van der Waals surface area contributed by atoms with E-state index in [2.05, 4.69) is 0 Å². The molecule has 0 amide bonds. The van der Waals surface area contributed by atoms with Gasteiger partial charge < -0.3 is 10.2 Å². The van der Waals surface area contributed by atoms with Crippen molar-refractivity contribution < 1.29 is 15.0 Å². The van der Waals surface area contributed by atoms with Crippen molar-refractivity contribution in [1.82, 2.24) is 0 Å². The molecular formula is C16H12O3S. The number of fused-ring (bicyclic) bond motifs is 1. The van der Waals surface area contributed by atoms with Gasteiger partial charge in [-0.2, -0.15) is 0 Å². The van der Waals surface area contributed by atoms with Crippen molar-refractivity contribution >= 4 is 27.2 Å². The highest BCUT2D eigenvalue weighted by atomic mass is 32.1. The molecule has 0 aliphatic rings. The number of aryl methyl sites for hydroxylation is 1. The van der Waals surface area contributed by atoms with Crippen LogP contribution in [0.1, 0.15) is 20.8 Å². The Kier molecular flexibility index (Phi) is 2.95. The maximum absolute atomic E-state index is 12.4. The van der Waals surface area contributed by atoms with E-state index in [1.54, 1.807) is 43.3 Å². The van der Waals surface area contributed by atoms with Crippen LogP contribution in [0.3, 0.4) is 0 Å². The summed E-state index contributed by atoms with van der Waals surface area (Å²) < 4.78 is 0.960. The normalized spacial score (nSPS) is 10.8. The summed E-state index contributed by atoms with van der Waals surface area (Å²) in [5.41, 5.74) is 1.23. The summed E-state index contributed by atoms with van der Waals surface area (Å²) in [5, 5.41) is 19.8. The largest absolute Gasteiger partial charge is 0.508 e. The molecule has 0 spiro atoms. The summed E-state index contributed by atoms with van der Waals surface area (Å²) in [4.78, 5) is 13.1. The molecule has 0 saturated carbocycles. The highest BCUT2D eigenvalue weighted by Gasteiger charge is 2.14. The summed E-state index contributed by atoms with van der Waals surface area (Å²) in [5.74, 6) is 0.298. The van der Waals surface area contributed by atoms with Crippen LogP contribution in [0.5, 0.6) is 11.5 Å². The third kappa shape index (κ3) is 2.14. The zero-order valence-corrected chi connectivity index (χ0v) is 11.6. The van der Waals surface area contributed by atoms with Gasteiger partial charge in [-0.3, -0.25) is 4.79 Å². The molecule has 2 aromatic carbocycles. The van der Waals surface area contributed by atoms with Crippen LogP contribution in [0.15, 0.2) is 42.5 Å². The molecule has 1 heterocycles. The van der Waals surface area contributed by atoms with Crippen LogP contribution >= 0.6 is 11.3 Å². The lowest BCUT2D eigenvalue weighted by Crippen LogP contribution is -1.98. The van der Waals surface area contributed by atoms with Crippen molar-refractivity contribution in [3.8, 4) is 11.5 Å². The van der Waals surface area contributed by atoms with E-state index < -0.39 is 0 Å². The van der Waals surface area contributed by atoms with Gasteiger partial charge in [-0.1, -0.05) is 0 Å². The highest BCUT2D eigenvalue weighted by molar-refractivity contribution is 7.21. The van der Waals surface area contributed by atoms with E-state index in [1.807, 2.05) is 0 Å². The molecule has 3 aromatic rings. The molecule has 0 atom stereocenters. The van der Waals surface area contributed by atoms with Gasteiger partial charge in [-0.15, -0.1) is 11.3 Å². The summed E-state index contributed by atoms with van der Waals surface area (Å²) in [6.07, 6.45) is 0. The molecule has 0 unspecified atom stereocenters. The van der Waals surface area contributed by atoms with Gasteiger partial charge in [-0.25, -0.2) is 0 Å². The van der Waals surface area contributed by atoms with Gasteiger partial charge >= 0.3 is 0 Å². The molecule has 3 rings (SSSR count). The van der Waals surface area contributed by atoms with Crippen LogP contribution in [-0.2, 0) is 0 Å². The maximum atomic E-state index is 12.4. The SMILES string of the molecule is Cc1cc(C(=O)c2cc3cc(O)ccc3s2)ccc1O. The predicted octanol–water partition coefficient (Wildman–Crippen LogP) is 3.85. The Hall–Kier alpha value is -2.33. The van der Waals surface area contributed by atoms with Crippen LogP contribution < -0.4 is 0 Å². The van der Waals surface area contributed by atoms with Crippen molar-refractivity contribution in [1.29, 1.82) is 0 Å². The number of benzene rings is 2. The summed E-state index contributed by atoms with van der Waals surface area (Å²) in [7, 11) is 0. The molecule has 20 heavy (non-hydrogen) atoms. The van der Waals surface area contributed by atoms with E-state index >= 15 is 0 Å². The Morgan fingerprint density at radius 2 is 1.85 bits per heavy atom. The predicted molar refractivity (Wildman–Crippen MR) is 79.8 cm³/mol. The molecule has 1 aromatic heterocycles. The Morgan fingerprint density at radius 1 is 1.05 bits per heavy atom. The minimum absolute atomic E-state index is 0.0752. The topological polar surface area (TPSA) is 57.5 Å².